The van der Waals surface area contributed by atoms with Crippen LogP contribution in [0.1, 0.15) is 90.7 Å². The highest BCUT2D eigenvalue weighted by atomic mass is 32.2. The van der Waals surface area contributed by atoms with Crippen LogP contribution in [-0.2, 0) is 35.6 Å². The zero-order valence-electron chi connectivity index (χ0n) is 31.6. The second-order valence-electron chi connectivity index (χ2n) is 16.9. The number of methoxy groups -OCH3 is 1. The van der Waals surface area contributed by atoms with E-state index in [4.69, 9.17) is 19.4 Å². The number of hydrogen-bond acceptors (Lipinski definition) is 10. The highest BCUT2D eigenvalue weighted by Crippen LogP contribution is 2.46. The van der Waals surface area contributed by atoms with Gasteiger partial charge in [0.05, 0.1) is 29.9 Å². The van der Waals surface area contributed by atoms with Crippen molar-refractivity contribution >= 4 is 44.7 Å². The normalized spacial score (nSPS) is 30.4. The first-order chi connectivity index (χ1) is 25.6. The first kappa shape index (κ1) is 38.0. The number of hydrogen-bond donors (Lipinski definition) is 3. The number of aryl methyl sites for hydroxylation is 1. The van der Waals surface area contributed by atoms with Crippen LogP contribution in [0.25, 0.3) is 11.0 Å². The Hall–Kier alpha value is -4.27. The van der Waals surface area contributed by atoms with Crippen LogP contribution in [0.15, 0.2) is 30.9 Å². The first-order valence-corrected chi connectivity index (χ1v) is 20.8. The number of ether oxygens (including phenoxy) is 2. The average Bonchev–Trinajstić information content (AvgIpc) is 4.04. The molecule has 5 aliphatic rings. The van der Waals surface area contributed by atoms with Gasteiger partial charge in [-0.2, -0.15) is 0 Å². The highest BCUT2D eigenvalue weighted by molar-refractivity contribution is 7.91. The van der Waals surface area contributed by atoms with Gasteiger partial charge in [0.25, 0.3) is 5.91 Å². The van der Waals surface area contributed by atoms with E-state index in [-0.39, 0.29) is 31.2 Å². The number of fused-ring (bicyclic) bond motifs is 5. The Labute approximate surface area is 316 Å². The fraction of sp³-hybridized carbons (Fsp3) is 0.641. The van der Waals surface area contributed by atoms with E-state index in [1.807, 2.05) is 32.9 Å². The van der Waals surface area contributed by atoms with Gasteiger partial charge in [-0.05, 0) is 67.9 Å². The summed E-state index contributed by atoms with van der Waals surface area (Å²) in [4.78, 5) is 67.2. The summed E-state index contributed by atoms with van der Waals surface area (Å²) in [5.74, 6) is -0.917. The van der Waals surface area contributed by atoms with Gasteiger partial charge >= 0.3 is 0 Å². The van der Waals surface area contributed by atoms with Gasteiger partial charge in [0.15, 0.2) is 0 Å². The van der Waals surface area contributed by atoms with Crippen molar-refractivity contribution in [2.75, 3.05) is 13.7 Å². The number of amides is 4. The molecule has 0 unspecified atom stereocenters. The van der Waals surface area contributed by atoms with Crippen LogP contribution in [0, 0.1) is 23.2 Å². The summed E-state index contributed by atoms with van der Waals surface area (Å²) >= 11 is 0. The standard InChI is InChI=1S/C39H52N6O8S/c1-6-24-20-39(24,37(49)44-54(50,51)27-13-14-27)43-34(47)31-19-26-21-45(31)36(48)33(38(2,3)4)42-32(46)17-23-16-22(23)10-8-7-9-11-29-35(53-26)41-30-18-25(52-5)12-15-28(30)40-29/h6,12,15,18,22-24,26-27,31,33H,1,7-11,13-14,16-17,19-21H2,2-5H3,(H,42,46)(H,43,47)(H,44,49)/t22-,23+,24-,26-,31+,33-,39-/m1/s1. The number of nitrogens with zero attached hydrogens (tertiary/aromatic N) is 3. The Morgan fingerprint density at radius 2 is 1.85 bits per heavy atom. The van der Waals surface area contributed by atoms with Gasteiger partial charge in [0.2, 0.25) is 33.6 Å². The minimum Gasteiger partial charge on any atom is -0.497 e. The third-order valence-electron chi connectivity index (χ3n) is 11.7. The summed E-state index contributed by atoms with van der Waals surface area (Å²) < 4.78 is 39.7. The molecule has 1 aromatic carbocycles. The molecule has 4 amide bonds. The number of aromatic nitrogens is 2. The monoisotopic (exact) mass is 764 g/mol. The zero-order valence-corrected chi connectivity index (χ0v) is 32.4. The molecule has 14 nitrogen and oxygen atoms in total. The maximum absolute atomic E-state index is 14.7. The van der Waals surface area contributed by atoms with Crippen LogP contribution in [0.4, 0.5) is 0 Å². The molecule has 54 heavy (non-hydrogen) atoms. The van der Waals surface area contributed by atoms with E-state index in [2.05, 4.69) is 21.9 Å². The molecule has 2 bridgehead atoms. The topological polar surface area (TPSA) is 186 Å². The van der Waals surface area contributed by atoms with E-state index >= 15 is 0 Å². The Morgan fingerprint density at radius 1 is 1.07 bits per heavy atom. The van der Waals surface area contributed by atoms with Crippen LogP contribution in [0.5, 0.6) is 11.6 Å². The lowest BCUT2D eigenvalue weighted by molar-refractivity contribution is -0.144. The molecule has 4 fully saturated rings. The quantitative estimate of drug-likeness (QED) is 0.354. The fourth-order valence-electron chi connectivity index (χ4n) is 8.05. The molecule has 3 heterocycles. The summed E-state index contributed by atoms with van der Waals surface area (Å²) in [5, 5.41) is 5.22. The lowest BCUT2D eigenvalue weighted by Crippen LogP contribution is -2.60. The maximum Gasteiger partial charge on any atom is 0.259 e. The Bertz CT molecular complexity index is 1960. The molecule has 7 atom stereocenters. The van der Waals surface area contributed by atoms with Crippen LogP contribution >= 0.6 is 0 Å². The molecule has 15 heteroatoms. The van der Waals surface area contributed by atoms with Gasteiger partial charge in [-0.1, -0.05) is 46.1 Å². The SMILES string of the molecule is C=C[C@@H]1C[C@]1(NC(=O)[C@@H]1C[C@@H]2CN1C(=O)[C@H](C(C)(C)C)NC(=O)C[C@@H]1C[C@H]1CCCCCc1nc3ccc(OC)cc3nc1O2)C(=O)NS(=O)(=O)C1CC1. The minimum atomic E-state index is -3.89. The largest absolute Gasteiger partial charge is 0.497 e. The number of nitrogens with one attached hydrogen (secondary N) is 3. The molecular formula is C39H52N6O8S. The number of sulfonamides is 1. The zero-order chi connectivity index (χ0) is 38.6. The predicted octanol–water partition coefficient (Wildman–Crippen LogP) is 3.33. The van der Waals surface area contributed by atoms with Crippen LogP contribution in [0.3, 0.4) is 0 Å². The first-order valence-electron chi connectivity index (χ1n) is 19.2. The second-order valence-corrected chi connectivity index (χ2v) is 18.9. The summed E-state index contributed by atoms with van der Waals surface area (Å²) in [6.45, 7) is 9.40. The fourth-order valence-corrected chi connectivity index (χ4v) is 9.42. The van der Waals surface area contributed by atoms with E-state index in [9.17, 15) is 27.6 Å². The third kappa shape index (κ3) is 7.92. The van der Waals surface area contributed by atoms with Crippen LogP contribution in [0.2, 0.25) is 0 Å². The summed E-state index contributed by atoms with van der Waals surface area (Å²) in [5.41, 5.74) is -0.296. The van der Waals surface area contributed by atoms with E-state index in [1.54, 1.807) is 13.2 Å². The molecule has 0 radical (unpaired) electrons. The van der Waals surface area contributed by atoms with Gasteiger partial charge in [0.1, 0.15) is 35.2 Å². The molecule has 292 valence electrons. The molecule has 1 aromatic heterocycles. The van der Waals surface area contributed by atoms with Crippen LogP contribution < -0.4 is 24.8 Å². The van der Waals surface area contributed by atoms with Crippen molar-refractivity contribution in [3.8, 4) is 11.6 Å². The Kier molecular flexibility index (Phi) is 10.2. The van der Waals surface area contributed by atoms with Gasteiger partial charge in [-0.3, -0.25) is 23.9 Å². The Balaban J connectivity index is 1.22. The molecule has 2 aliphatic heterocycles. The molecule has 2 aromatic rings. The lowest BCUT2D eigenvalue weighted by atomic mass is 9.85. The Morgan fingerprint density at radius 3 is 2.54 bits per heavy atom. The number of carbonyl (C=O) groups is 4. The number of benzene rings is 1. The van der Waals surface area contributed by atoms with E-state index in [0.29, 0.717) is 60.0 Å². The van der Waals surface area contributed by atoms with Crippen molar-refractivity contribution in [2.24, 2.45) is 23.2 Å². The van der Waals surface area contributed by atoms with Crippen molar-refractivity contribution in [1.82, 2.24) is 30.2 Å². The molecule has 1 saturated heterocycles. The van der Waals surface area contributed by atoms with Crippen molar-refractivity contribution in [3.05, 3.63) is 36.5 Å². The third-order valence-corrected chi connectivity index (χ3v) is 13.5. The summed E-state index contributed by atoms with van der Waals surface area (Å²) in [7, 11) is -2.31. The average molecular weight is 765 g/mol. The summed E-state index contributed by atoms with van der Waals surface area (Å²) in [6, 6.07) is 3.40. The summed E-state index contributed by atoms with van der Waals surface area (Å²) in [6.07, 6.45) is 7.85. The number of carbonyl (C=O) groups excluding carboxylic acids is 4. The highest BCUT2D eigenvalue weighted by Gasteiger charge is 2.62. The van der Waals surface area contributed by atoms with Gasteiger partial charge < -0.3 is 25.0 Å². The van der Waals surface area contributed by atoms with E-state index in [1.165, 1.54) is 11.0 Å². The lowest BCUT2D eigenvalue weighted by Gasteiger charge is -2.35. The van der Waals surface area contributed by atoms with Crippen molar-refractivity contribution in [1.29, 1.82) is 0 Å². The number of rotatable bonds is 7. The van der Waals surface area contributed by atoms with Gasteiger partial charge in [-0.25, -0.2) is 18.4 Å². The van der Waals surface area contributed by atoms with E-state index < -0.39 is 68.1 Å². The second kappa shape index (κ2) is 14.4. The maximum atomic E-state index is 14.7. The van der Waals surface area contributed by atoms with Crippen molar-refractivity contribution < 1.29 is 37.1 Å². The molecule has 3 N–H and O–H groups in total. The minimum absolute atomic E-state index is 0.00147. The molecular weight excluding hydrogens is 713 g/mol. The predicted molar refractivity (Wildman–Crippen MR) is 200 cm³/mol. The molecule has 7 rings (SSSR count). The molecule has 0 spiro atoms. The molecule has 3 aliphatic carbocycles. The van der Waals surface area contributed by atoms with Crippen molar-refractivity contribution in [2.45, 2.75) is 120 Å². The van der Waals surface area contributed by atoms with Gasteiger partial charge in [-0.15, -0.1) is 6.58 Å². The van der Waals surface area contributed by atoms with Crippen molar-refractivity contribution in [3.63, 3.8) is 0 Å². The smallest absolute Gasteiger partial charge is 0.259 e. The molecule has 3 saturated carbocycles. The van der Waals surface area contributed by atoms with Gasteiger partial charge in [0, 0.05) is 24.8 Å². The van der Waals surface area contributed by atoms with E-state index in [0.717, 1.165) is 32.1 Å². The van der Waals surface area contributed by atoms with Crippen LogP contribution in [-0.4, -0.2) is 89.5 Å².